The van der Waals surface area contributed by atoms with E-state index in [2.05, 4.69) is 10.5 Å². The maximum Gasteiger partial charge on any atom is 0.240 e. The van der Waals surface area contributed by atoms with Crippen LogP contribution in [0.1, 0.15) is 31.4 Å². The van der Waals surface area contributed by atoms with Gasteiger partial charge in [-0.25, -0.2) is 5.43 Å². The molecule has 0 radical (unpaired) electrons. The molecule has 0 aliphatic heterocycles. The van der Waals surface area contributed by atoms with Gasteiger partial charge in [-0.3, -0.25) is 4.79 Å². The maximum atomic E-state index is 11.5. The lowest BCUT2D eigenvalue weighted by Gasteiger charge is -2.07. The minimum atomic E-state index is -0.0762. The largest absolute Gasteiger partial charge is 0.489 e. The number of rotatable bonds is 7. The lowest BCUT2D eigenvalue weighted by Crippen LogP contribution is -2.19. The zero-order valence-electron chi connectivity index (χ0n) is 13.5. The standard InChI is InChI=1S/C19H22N2O2/c1-15(2)11-19(22)21-20-13-17-9-6-10-18(12-17)23-14-16-7-4-3-5-8-16/h3-10,12-13,15H,11,14H2,1-2H3,(H,21,22)/b20-13-. The average Bonchev–Trinajstić information content (AvgIpc) is 2.54. The molecule has 0 atom stereocenters. The summed E-state index contributed by atoms with van der Waals surface area (Å²) in [5.74, 6) is 1.01. The summed E-state index contributed by atoms with van der Waals surface area (Å²) in [7, 11) is 0. The van der Waals surface area contributed by atoms with Gasteiger partial charge in [0.25, 0.3) is 0 Å². The molecule has 1 N–H and O–H groups in total. The SMILES string of the molecule is CC(C)CC(=O)N/N=C\c1cccc(OCc2ccccc2)c1. The Kier molecular flexibility index (Phi) is 6.36. The molecule has 0 aliphatic rings. The lowest BCUT2D eigenvalue weighted by molar-refractivity contribution is -0.121. The Morgan fingerprint density at radius 1 is 1.17 bits per heavy atom. The predicted molar refractivity (Wildman–Crippen MR) is 92.4 cm³/mol. The van der Waals surface area contributed by atoms with Crippen molar-refractivity contribution in [1.29, 1.82) is 0 Å². The van der Waals surface area contributed by atoms with Crippen molar-refractivity contribution in [3.8, 4) is 5.75 Å². The molecule has 23 heavy (non-hydrogen) atoms. The van der Waals surface area contributed by atoms with E-state index in [9.17, 15) is 4.79 Å². The third-order valence-corrected chi connectivity index (χ3v) is 3.10. The van der Waals surface area contributed by atoms with Crippen LogP contribution in [0.4, 0.5) is 0 Å². The van der Waals surface area contributed by atoms with E-state index in [0.717, 1.165) is 16.9 Å². The fraction of sp³-hybridized carbons (Fsp3) is 0.263. The van der Waals surface area contributed by atoms with Crippen LogP contribution < -0.4 is 10.2 Å². The molecule has 0 aromatic heterocycles. The highest BCUT2D eigenvalue weighted by Gasteiger charge is 2.02. The summed E-state index contributed by atoms with van der Waals surface area (Å²) in [5, 5.41) is 3.97. The number of carbonyl (C=O) groups is 1. The van der Waals surface area contributed by atoms with E-state index in [1.807, 2.05) is 68.4 Å². The van der Waals surface area contributed by atoms with E-state index in [1.54, 1.807) is 6.21 Å². The Hall–Kier alpha value is -2.62. The molecule has 2 rings (SSSR count). The fourth-order valence-electron chi connectivity index (χ4n) is 2.02. The Balaban J connectivity index is 1.88. The summed E-state index contributed by atoms with van der Waals surface area (Å²) in [6, 6.07) is 17.6. The van der Waals surface area contributed by atoms with E-state index < -0.39 is 0 Å². The Morgan fingerprint density at radius 2 is 1.96 bits per heavy atom. The van der Waals surface area contributed by atoms with Crippen molar-refractivity contribution in [2.45, 2.75) is 26.9 Å². The highest BCUT2D eigenvalue weighted by molar-refractivity contribution is 5.82. The molecule has 0 saturated carbocycles. The molecule has 0 heterocycles. The molecular weight excluding hydrogens is 288 g/mol. The molecule has 2 aromatic carbocycles. The molecule has 120 valence electrons. The van der Waals surface area contributed by atoms with E-state index >= 15 is 0 Å². The van der Waals surface area contributed by atoms with Crippen molar-refractivity contribution in [2.24, 2.45) is 11.0 Å². The lowest BCUT2D eigenvalue weighted by atomic mass is 10.1. The van der Waals surface area contributed by atoms with Gasteiger partial charge in [-0.1, -0.05) is 56.3 Å². The molecule has 1 amide bonds. The Labute approximate surface area is 137 Å². The van der Waals surface area contributed by atoms with Crippen molar-refractivity contribution in [3.63, 3.8) is 0 Å². The van der Waals surface area contributed by atoms with Gasteiger partial charge in [-0.05, 0) is 29.2 Å². The monoisotopic (exact) mass is 310 g/mol. The fourth-order valence-corrected chi connectivity index (χ4v) is 2.02. The zero-order chi connectivity index (χ0) is 16.5. The second-order valence-corrected chi connectivity index (χ2v) is 5.74. The molecule has 0 spiro atoms. The van der Waals surface area contributed by atoms with Crippen molar-refractivity contribution >= 4 is 12.1 Å². The highest BCUT2D eigenvalue weighted by Crippen LogP contribution is 2.14. The van der Waals surface area contributed by atoms with Crippen LogP contribution in [-0.4, -0.2) is 12.1 Å². The minimum absolute atomic E-state index is 0.0762. The zero-order valence-corrected chi connectivity index (χ0v) is 13.5. The number of hydrogen-bond acceptors (Lipinski definition) is 3. The normalized spacial score (nSPS) is 10.9. The number of nitrogens with zero attached hydrogens (tertiary/aromatic N) is 1. The molecule has 4 nitrogen and oxygen atoms in total. The van der Waals surface area contributed by atoms with Crippen LogP contribution in [0.2, 0.25) is 0 Å². The number of carbonyl (C=O) groups excluding carboxylic acids is 1. The van der Waals surface area contributed by atoms with Crippen LogP contribution in [0.15, 0.2) is 59.7 Å². The van der Waals surface area contributed by atoms with Gasteiger partial charge in [0.05, 0.1) is 6.21 Å². The first-order valence-corrected chi connectivity index (χ1v) is 7.72. The van der Waals surface area contributed by atoms with E-state index in [1.165, 1.54) is 0 Å². The van der Waals surface area contributed by atoms with Crippen LogP contribution in [0, 0.1) is 5.92 Å². The van der Waals surface area contributed by atoms with Gasteiger partial charge in [0.2, 0.25) is 5.91 Å². The first-order chi connectivity index (χ1) is 11.1. The number of hydrogen-bond donors (Lipinski definition) is 1. The van der Waals surface area contributed by atoms with E-state index in [-0.39, 0.29) is 5.91 Å². The quantitative estimate of drug-likeness (QED) is 0.625. The van der Waals surface area contributed by atoms with Crippen LogP contribution in [0.3, 0.4) is 0 Å². The number of ether oxygens (including phenoxy) is 1. The van der Waals surface area contributed by atoms with Crippen LogP contribution in [0.5, 0.6) is 5.75 Å². The molecule has 0 fully saturated rings. The summed E-state index contributed by atoms with van der Waals surface area (Å²) in [6.07, 6.45) is 2.09. The first-order valence-electron chi connectivity index (χ1n) is 7.72. The van der Waals surface area contributed by atoms with Crippen LogP contribution in [0.25, 0.3) is 0 Å². The molecule has 4 heteroatoms. The van der Waals surface area contributed by atoms with Crippen LogP contribution >= 0.6 is 0 Å². The highest BCUT2D eigenvalue weighted by atomic mass is 16.5. The third-order valence-electron chi connectivity index (χ3n) is 3.10. The van der Waals surface area contributed by atoms with Gasteiger partial charge in [-0.15, -0.1) is 0 Å². The summed E-state index contributed by atoms with van der Waals surface area (Å²) in [5.41, 5.74) is 4.52. The maximum absolute atomic E-state index is 11.5. The number of nitrogens with one attached hydrogen (secondary N) is 1. The number of amides is 1. The minimum Gasteiger partial charge on any atom is -0.489 e. The van der Waals surface area contributed by atoms with E-state index in [4.69, 9.17) is 4.74 Å². The van der Waals surface area contributed by atoms with Crippen molar-refractivity contribution < 1.29 is 9.53 Å². The van der Waals surface area contributed by atoms with Gasteiger partial charge >= 0.3 is 0 Å². The summed E-state index contributed by atoms with van der Waals surface area (Å²) >= 11 is 0. The Bertz CT molecular complexity index is 651. The van der Waals surface area contributed by atoms with Gasteiger partial charge in [0.15, 0.2) is 0 Å². The van der Waals surface area contributed by atoms with Crippen molar-refractivity contribution in [3.05, 3.63) is 65.7 Å². The molecule has 0 saturated heterocycles. The first kappa shape index (κ1) is 16.7. The topological polar surface area (TPSA) is 50.7 Å². The summed E-state index contributed by atoms with van der Waals surface area (Å²) in [6.45, 7) is 4.51. The van der Waals surface area contributed by atoms with Gasteiger partial charge < -0.3 is 4.74 Å². The molecule has 0 aliphatic carbocycles. The molecule has 0 bridgehead atoms. The van der Waals surface area contributed by atoms with Gasteiger partial charge in [-0.2, -0.15) is 5.10 Å². The number of hydrazone groups is 1. The molecular formula is C19H22N2O2. The third kappa shape index (κ3) is 6.34. The van der Waals surface area contributed by atoms with Gasteiger partial charge in [0.1, 0.15) is 12.4 Å². The van der Waals surface area contributed by atoms with Gasteiger partial charge in [0, 0.05) is 6.42 Å². The van der Waals surface area contributed by atoms with Crippen molar-refractivity contribution in [2.75, 3.05) is 0 Å². The van der Waals surface area contributed by atoms with Crippen LogP contribution in [-0.2, 0) is 11.4 Å². The summed E-state index contributed by atoms with van der Waals surface area (Å²) in [4.78, 5) is 11.5. The van der Waals surface area contributed by atoms with Crippen molar-refractivity contribution in [1.82, 2.24) is 5.43 Å². The smallest absolute Gasteiger partial charge is 0.240 e. The average molecular weight is 310 g/mol. The second-order valence-electron chi connectivity index (χ2n) is 5.74. The predicted octanol–water partition coefficient (Wildman–Crippen LogP) is 3.76. The molecule has 0 unspecified atom stereocenters. The summed E-state index contributed by atoms with van der Waals surface area (Å²) < 4.78 is 5.76. The Morgan fingerprint density at radius 3 is 2.70 bits per heavy atom. The van der Waals surface area contributed by atoms with E-state index in [0.29, 0.717) is 18.9 Å². The number of benzene rings is 2. The molecule has 2 aromatic rings. The second kappa shape index (κ2) is 8.73.